The molecule has 2 aromatic rings. The van der Waals surface area contributed by atoms with Gasteiger partial charge in [0.05, 0.1) is 29.6 Å². The van der Waals surface area contributed by atoms with Crippen LogP contribution in [0.4, 0.5) is 0 Å². The summed E-state index contributed by atoms with van der Waals surface area (Å²) in [6, 6.07) is 6.71. The van der Waals surface area contributed by atoms with Crippen LogP contribution in [0.15, 0.2) is 36.7 Å². The molecule has 0 saturated heterocycles. The summed E-state index contributed by atoms with van der Waals surface area (Å²) in [6.07, 6.45) is 4.43. The molecular formula is C15H16N2O4. The highest BCUT2D eigenvalue weighted by atomic mass is 16.5. The molecule has 0 unspecified atom stereocenters. The molecule has 1 heterocycles. The first kappa shape index (κ1) is 14.8. The lowest BCUT2D eigenvalue weighted by molar-refractivity contribution is 0.0499. The molecule has 0 aliphatic rings. The molecule has 1 aromatic heterocycles. The number of nitrogens with zero attached hydrogens (tertiary/aromatic N) is 2. The highest BCUT2D eigenvalue weighted by Crippen LogP contribution is 2.12. The van der Waals surface area contributed by atoms with Crippen molar-refractivity contribution in [3.05, 3.63) is 47.8 Å². The van der Waals surface area contributed by atoms with Gasteiger partial charge in [-0.05, 0) is 24.6 Å². The van der Waals surface area contributed by atoms with Crippen LogP contribution in [0.2, 0.25) is 0 Å². The molecule has 0 aliphatic carbocycles. The van der Waals surface area contributed by atoms with E-state index in [9.17, 15) is 9.59 Å². The molecule has 2 rings (SSSR count). The smallest absolute Gasteiger partial charge is 0.338 e. The fourth-order valence-electron chi connectivity index (χ4n) is 1.74. The Morgan fingerprint density at radius 3 is 2.81 bits per heavy atom. The lowest BCUT2D eigenvalue weighted by Gasteiger charge is -2.06. The normalized spacial score (nSPS) is 10.3. The topological polar surface area (TPSA) is 81.4 Å². The second-order valence-electron chi connectivity index (χ2n) is 4.52. The number of carboxylic acid groups (broad SMARTS) is 1. The van der Waals surface area contributed by atoms with Gasteiger partial charge in [0.25, 0.3) is 0 Å². The number of carboxylic acids is 1. The third kappa shape index (κ3) is 3.68. The van der Waals surface area contributed by atoms with E-state index in [0.717, 1.165) is 12.8 Å². The van der Waals surface area contributed by atoms with E-state index in [1.807, 2.05) is 6.92 Å². The maximum absolute atomic E-state index is 11.9. The first-order chi connectivity index (χ1) is 10.1. The Bertz CT molecular complexity index is 649. The third-order valence-corrected chi connectivity index (χ3v) is 2.91. The van der Waals surface area contributed by atoms with Gasteiger partial charge in [-0.3, -0.25) is 0 Å². The van der Waals surface area contributed by atoms with Crippen molar-refractivity contribution in [1.29, 1.82) is 0 Å². The van der Waals surface area contributed by atoms with Gasteiger partial charge < -0.3 is 9.84 Å². The molecule has 6 heteroatoms. The lowest BCUT2D eigenvalue weighted by atomic mass is 10.2. The summed E-state index contributed by atoms with van der Waals surface area (Å²) in [5, 5.41) is 12.8. The largest absolute Gasteiger partial charge is 0.478 e. The number of hydrogen-bond donors (Lipinski definition) is 1. The zero-order chi connectivity index (χ0) is 15.2. The second kappa shape index (κ2) is 6.69. The first-order valence-electron chi connectivity index (χ1n) is 6.67. The van der Waals surface area contributed by atoms with Crippen molar-refractivity contribution < 1.29 is 19.4 Å². The van der Waals surface area contributed by atoms with Crippen molar-refractivity contribution >= 4 is 11.9 Å². The first-order valence-corrected chi connectivity index (χ1v) is 6.67. The van der Waals surface area contributed by atoms with Crippen molar-refractivity contribution in [1.82, 2.24) is 9.78 Å². The quantitative estimate of drug-likeness (QED) is 0.652. The summed E-state index contributed by atoms with van der Waals surface area (Å²) in [5.41, 5.74) is 1.11. The maximum Gasteiger partial charge on any atom is 0.338 e. The summed E-state index contributed by atoms with van der Waals surface area (Å²) in [7, 11) is 0. The predicted octanol–water partition coefficient (Wildman–Crippen LogP) is 2.53. The molecule has 110 valence electrons. The molecule has 0 fully saturated rings. The molecule has 0 atom stereocenters. The van der Waals surface area contributed by atoms with Gasteiger partial charge >= 0.3 is 11.9 Å². The summed E-state index contributed by atoms with van der Waals surface area (Å²) in [6.45, 7) is 2.41. The molecule has 0 amide bonds. The van der Waals surface area contributed by atoms with Crippen LogP contribution in [-0.4, -0.2) is 33.4 Å². The summed E-state index contributed by atoms with van der Waals surface area (Å²) in [5.74, 6) is -1.44. The van der Waals surface area contributed by atoms with E-state index in [1.54, 1.807) is 24.3 Å². The van der Waals surface area contributed by atoms with E-state index in [4.69, 9.17) is 9.84 Å². The number of hydrogen-bond acceptors (Lipinski definition) is 4. The Morgan fingerprint density at radius 2 is 2.14 bits per heavy atom. The van der Waals surface area contributed by atoms with Gasteiger partial charge in [-0.15, -0.1) is 0 Å². The number of benzene rings is 1. The number of carbonyl (C=O) groups excluding carboxylic acids is 1. The number of unbranched alkanes of at least 4 members (excludes halogenated alkanes) is 1. The van der Waals surface area contributed by atoms with Crippen LogP contribution in [0.25, 0.3) is 5.69 Å². The van der Waals surface area contributed by atoms with Crippen LogP contribution in [0.1, 0.15) is 40.5 Å². The molecule has 0 spiro atoms. The number of ether oxygens (including phenoxy) is 1. The van der Waals surface area contributed by atoms with E-state index in [1.165, 1.54) is 17.1 Å². The monoisotopic (exact) mass is 288 g/mol. The van der Waals surface area contributed by atoms with Crippen molar-refractivity contribution in [3.63, 3.8) is 0 Å². The predicted molar refractivity (Wildman–Crippen MR) is 75.7 cm³/mol. The van der Waals surface area contributed by atoms with E-state index >= 15 is 0 Å². The molecule has 0 aliphatic heterocycles. The van der Waals surface area contributed by atoms with E-state index in [2.05, 4.69) is 5.10 Å². The molecule has 1 aromatic carbocycles. The molecule has 0 bridgehead atoms. The molecule has 6 nitrogen and oxygen atoms in total. The Hall–Kier alpha value is -2.63. The van der Waals surface area contributed by atoms with Crippen LogP contribution >= 0.6 is 0 Å². The van der Waals surface area contributed by atoms with Gasteiger partial charge in [0.1, 0.15) is 0 Å². The van der Waals surface area contributed by atoms with Crippen molar-refractivity contribution in [2.45, 2.75) is 19.8 Å². The number of carbonyl (C=O) groups is 2. The van der Waals surface area contributed by atoms with Gasteiger partial charge in [-0.2, -0.15) is 5.10 Å². The highest BCUT2D eigenvalue weighted by Gasteiger charge is 2.10. The van der Waals surface area contributed by atoms with E-state index in [-0.39, 0.29) is 5.56 Å². The summed E-state index contributed by atoms with van der Waals surface area (Å²) < 4.78 is 6.55. The van der Waals surface area contributed by atoms with Crippen molar-refractivity contribution in [2.24, 2.45) is 0 Å². The third-order valence-electron chi connectivity index (χ3n) is 2.91. The minimum Gasteiger partial charge on any atom is -0.478 e. The van der Waals surface area contributed by atoms with Crippen molar-refractivity contribution in [2.75, 3.05) is 6.61 Å². The van der Waals surface area contributed by atoms with Crippen LogP contribution in [-0.2, 0) is 4.74 Å². The summed E-state index contributed by atoms with van der Waals surface area (Å²) >= 11 is 0. The van der Waals surface area contributed by atoms with Gasteiger partial charge in [0.15, 0.2) is 0 Å². The number of rotatable bonds is 6. The molecule has 0 radical (unpaired) electrons. The minimum absolute atomic E-state index is 0.0888. The SMILES string of the molecule is CCCCOC(=O)c1cccc(-n2cc(C(=O)O)cn2)c1. The fourth-order valence-corrected chi connectivity index (χ4v) is 1.74. The summed E-state index contributed by atoms with van der Waals surface area (Å²) in [4.78, 5) is 22.7. The van der Waals surface area contributed by atoms with Crippen LogP contribution in [0.5, 0.6) is 0 Å². The standard InChI is InChI=1S/C15H16N2O4/c1-2-3-7-21-15(20)11-5-4-6-13(8-11)17-10-12(9-16-17)14(18)19/h4-6,8-10H,2-3,7H2,1H3,(H,18,19). The van der Waals surface area contributed by atoms with Crippen LogP contribution < -0.4 is 0 Å². The zero-order valence-electron chi connectivity index (χ0n) is 11.7. The fraction of sp³-hybridized carbons (Fsp3) is 0.267. The number of esters is 1. The Kier molecular flexibility index (Phi) is 4.71. The van der Waals surface area contributed by atoms with Gasteiger partial charge in [-0.25, -0.2) is 14.3 Å². The molecule has 21 heavy (non-hydrogen) atoms. The Morgan fingerprint density at radius 1 is 1.33 bits per heavy atom. The lowest BCUT2D eigenvalue weighted by Crippen LogP contribution is -2.07. The molecular weight excluding hydrogens is 272 g/mol. The molecule has 0 saturated carbocycles. The minimum atomic E-state index is -1.05. The number of aromatic nitrogens is 2. The maximum atomic E-state index is 11.9. The Balaban J connectivity index is 2.16. The van der Waals surface area contributed by atoms with Crippen molar-refractivity contribution in [3.8, 4) is 5.69 Å². The second-order valence-corrected chi connectivity index (χ2v) is 4.52. The average Bonchev–Trinajstić information content (AvgIpc) is 2.97. The van der Waals surface area contributed by atoms with E-state index in [0.29, 0.717) is 17.9 Å². The molecule has 1 N–H and O–H groups in total. The van der Waals surface area contributed by atoms with Gasteiger partial charge in [0, 0.05) is 6.20 Å². The number of aromatic carboxylic acids is 1. The Labute approximate surface area is 122 Å². The average molecular weight is 288 g/mol. The van der Waals surface area contributed by atoms with E-state index < -0.39 is 11.9 Å². The van der Waals surface area contributed by atoms with Crippen LogP contribution in [0.3, 0.4) is 0 Å². The zero-order valence-corrected chi connectivity index (χ0v) is 11.7. The van der Waals surface area contributed by atoms with Crippen LogP contribution in [0, 0.1) is 0 Å². The van der Waals surface area contributed by atoms with Gasteiger partial charge in [0.2, 0.25) is 0 Å². The highest BCUT2D eigenvalue weighted by molar-refractivity contribution is 5.90. The van der Waals surface area contributed by atoms with Gasteiger partial charge in [-0.1, -0.05) is 19.4 Å².